The van der Waals surface area contributed by atoms with E-state index >= 15 is 0 Å². The topological polar surface area (TPSA) is 67.9 Å². The molecule has 1 rings (SSSR count). The Labute approximate surface area is 132 Å². The van der Waals surface area contributed by atoms with Crippen LogP contribution >= 0.6 is 0 Å². The zero-order valence-corrected chi connectivity index (χ0v) is 13.9. The maximum absolute atomic E-state index is 11.7. The third-order valence-corrected chi connectivity index (χ3v) is 3.11. The quantitative estimate of drug-likeness (QED) is 0.630. The fourth-order valence-electron chi connectivity index (χ4n) is 2.07. The highest BCUT2D eigenvalue weighted by molar-refractivity contribution is 5.81. The molecule has 6 nitrogen and oxygen atoms in total. The van der Waals surface area contributed by atoms with Crippen LogP contribution in [0.1, 0.15) is 40.0 Å². The first-order valence-electron chi connectivity index (χ1n) is 7.57. The summed E-state index contributed by atoms with van der Waals surface area (Å²) in [5, 5.41) is 2.50. The molecule has 0 aromatic heterocycles. The van der Waals surface area contributed by atoms with Gasteiger partial charge in [-0.15, -0.1) is 0 Å². The van der Waals surface area contributed by atoms with Crippen LogP contribution in [0.2, 0.25) is 0 Å². The lowest BCUT2D eigenvalue weighted by atomic mass is 10.2. The number of carbonyl (C=O) groups is 2. The summed E-state index contributed by atoms with van der Waals surface area (Å²) >= 11 is 0. The van der Waals surface area contributed by atoms with Crippen LogP contribution in [0.15, 0.2) is 0 Å². The van der Waals surface area contributed by atoms with E-state index in [-0.39, 0.29) is 6.42 Å². The van der Waals surface area contributed by atoms with Gasteiger partial charge in [0.2, 0.25) is 0 Å². The predicted molar refractivity (Wildman–Crippen MR) is 83.2 cm³/mol. The van der Waals surface area contributed by atoms with Crippen LogP contribution in [0.25, 0.3) is 0 Å². The fraction of sp³-hybridized carbons (Fsp3) is 0.750. The Morgan fingerprint density at radius 3 is 2.41 bits per heavy atom. The minimum Gasteiger partial charge on any atom is -0.467 e. The molecule has 22 heavy (non-hydrogen) atoms. The molecule has 0 aliphatic carbocycles. The first-order valence-corrected chi connectivity index (χ1v) is 7.57. The van der Waals surface area contributed by atoms with Crippen molar-refractivity contribution in [1.29, 1.82) is 0 Å². The number of methoxy groups -OCH3 is 1. The summed E-state index contributed by atoms with van der Waals surface area (Å²) < 4.78 is 9.82. The number of rotatable bonds is 4. The molecule has 6 heteroatoms. The molecule has 1 atom stereocenters. The Morgan fingerprint density at radius 2 is 1.86 bits per heavy atom. The first kappa shape index (κ1) is 18.3. The molecule has 1 aliphatic heterocycles. The molecule has 1 fully saturated rings. The van der Waals surface area contributed by atoms with Crippen molar-refractivity contribution < 1.29 is 19.1 Å². The summed E-state index contributed by atoms with van der Waals surface area (Å²) in [4.78, 5) is 25.7. The summed E-state index contributed by atoms with van der Waals surface area (Å²) in [6.45, 7) is 8.12. The van der Waals surface area contributed by atoms with Crippen molar-refractivity contribution in [2.45, 2.75) is 51.7 Å². The highest BCUT2D eigenvalue weighted by atomic mass is 16.6. The van der Waals surface area contributed by atoms with Crippen LogP contribution < -0.4 is 5.32 Å². The Hall–Kier alpha value is -1.74. The second-order valence-corrected chi connectivity index (χ2v) is 6.26. The number of amides is 1. The number of hydrogen-bond donors (Lipinski definition) is 1. The summed E-state index contributed by atoms with van der Waals surface area (Å²) in [6.07, 6.45) is 1.99. The summed E-state index contributed by atoms with van der Waals surface area (Å²) in [7, 11) is 1.28. The normalized spacial score (nSPS) is 16.4. The smallest absolute Gasteiger partial charge is 0.408 e. The Bertz CT molecular complexity index is 439. The van der Waals surface area contributed by atoms with Gasteiger partial charge in [-0.3, -0.25) is 4.90 Å². The van der Waals surface area contributed by atoms with Crippen LogP contribution in [0, 0.1) is 11.8 Å². The largest absolute Gasteiger partial charge is 0.467 e. The molecule has 0 bridgehead atoms. The van der Waals surface area contributed by atoms with E-state index in [1.54, 1.807) is 20.8 Å². The molecule has 0 spiro atoms. The van der Waals surface area contributed by atoms with Crippen LogP contribution in [-0.4, -0.2) is 55.3 Å². The fourth-order valence-corrected chi connectivity index (χ4v) is 2.07. The molecule has 1 heterocycles. The van der Waals surface area contributed by atoms with Gasteiger partial charge >= 0.3 is 12.1 Å². The standard InChI is InChI=1S/C16H26N2O4/c1-16(2,3)22-15(20)17-13(14(19)21-4)9-5-6-10-18-11-7-8-12-18/h13H,7-12H2,1-4H3,(H,17,20). The first-order chi connectivity index (χ1) is 10.3. The molecule has 1 aliphatic rings. The van der Waals surface area contributed by atoms with Crippen LogP contribution in [0.4, 0.5) is 4.79 Å². The Morgan fingerprint density at radius 1 is 1.23 bits per heavy atom. The average molecular weight is 310 g/mol. The van der Waals surface area contributed by atoms with Crippen molar-refractivity contribution in [3.63, 3.8) is 0 Å². The SMILES string of the molecule is COC(=O)C(CC#CCN1CCCC1)NC(=O)OC(C)(C)C. The predicted octanol–water partition coefficient (Wildman–Crippen LogP) is 1.54. The number of nitrogens with zero attached hydrogens (tertiary/aromatic N) is 1. The maximum Gasteiger partial charge on any atom is 0.408 e. The second kappa shape index (κ2) is 8.64. The number of ether oxygens (including phenoxy) is 2. The van der Waals surface area contributed by atoms with Gasteiger partial charge in [0.15, 0.2) is 0 Å². The highest BCUT2D eigenvalue weighted by Crippen LogP contribution is 2.08. The van der Waals surface area contributed by atoms with Gasteiger partial charge < -0.3 is 14.8 Å². The number of alkyl carbamates (subject to hydrolysis) is 1. The van der Waals surface area contributed by atoms with Crippen molar-refractivity contribution in [2.24, 2.45) is 0 Å². The Balaban J connectivity index is 2.48. The van der Waals surface area contributed by atoms with Crippen LogP contribution in [-0.2, 0) is 14.3 Å². The average Bonchev–Trinajstić information content (AvgIpc) is 2.92. The van der Waals surface area contributed by atoms with Crippen molar-refractivity contribution in [3.8, 4) is 11.8 Å². The molecule has 124 valence electrons. The van der Waals surface area contributed by atoms with Crippen molar-refractivity contribution in [1.82, 2.24) is 10.2 Å². The van der Waals surface area contributed by atoms with E-state index in [2.05, 4.69) is 26.8 Å². The monoisotopic (exact) mass is 310 g/mol. The van der Waals surface area contributed by atoms with Gasteiger partial charge in [-0.1, -0.05) is 11.8 Å². The van der Waals surface area contributed by atoms with Gasteiger partial charge in [-0.25, -0.2) is 9.59 Å². The van der Waals surface area contributed by atoms with E-state index in [0.29, 0.717) is 6.54 Å². The van der Waals surface area contributed by atoms with Gasteiger partial charge in [0, 0.05) is 6.42 Å². The minimum atomic E-state index is -0.814. The van der Waals surface area contributed by atoms with Gasteiger partial charge in [-0.05, 0) is 46.7 Å². The highest BCUT2D eigenvalue weighted by Gasteiger charge is 2.24. The lowest BCUT2D eigenvalue weighted by molar-refractivity contribution is -0.143. The van der Waals surface area contributed by atoms with Crippen molar-refractivity contribution in [2.75, 3.05) is 26.7 Å². The number of likely N-dealkylation sites (tertiary alicyclic amines) is 1. The maximum atomic E-state index is 11.7. The third-order valence-electron chi connectivity index (χ3n) is 3.11. The molecular formula is C16H26N2O4. The van der Waals surface area contributed by atoms with E-state index in [0.717, 1.165) is 13.1 Å². The number of hydrogen-bond acceptors (Lipinski definition) is 5. The van der Waals surface area contributed by atoms with E-state index in [1.165, 1.54) is 20.0 Å². The minimum absolute atomic E-state index is 0.208. The zero-order valence-electron chi connectivity index (χ0n) is 13.9. The Kier molecular flexibility index (Phi) is 7.19. The zero-order chi connectivity index (χ0) is 16.6. The molecule has 0 aromatic rings. The van der Waals surface area contributed by atoms with Crippen LogP contribution in [0.5, 0.6) is 0 Å². The second-order valence-electron chi connectivity index (χ2n) is 6.26. The van der Waals surface area contributed by atoms with Gasteiger partial charge in [0.25, 0.3) is 0 Å². The number of carbonyl (C=O) groups excluding carboxylic acids is 2. The molecule has 1 unspecified atom stereocenters. The summed E-state index contributed by atoms with van der Waals surface area (Å²) in [5.41, 5.74) is -0.619. The number of nitrogens with one attached hydrogen (secondary N) is 1. The molecule has 0 aromatic carbocycles. The molecule has 0 saturated carbocycles. The lowest BCUT2D eigenvalue weighted by Crippen LogP contribution is -2.43. The van der Waals surface area contributed by atoms with E-state index in [1.807, 2.05) is 0 Å². The number of esters is 1. The summed E-state index contributed by atoms with van der Waals surface area (Å²) in [5.74, 6) is 5.44. The summed E-state index contributed by atoms with van der Waals surface area (Å²) in [6, 6.07) is -0.814. The molecule has 1 amide bonds. The van der Waals surface area contributed by atoms with Crippen molar-refractivity contribution >= 4 is 12.1 Å². The molecule has 1 saturated heterocycles. The van der Waals surface area contributed by atoms with Gasteiger partial charge in [0.1, 0.15) is 11.6 Å². The van der Waals surface area contributed by atoms with E-state index < -0.39 is 23.7 Å². The van der Waals surface area contributed by atoms with E-state index in [9.17, 15) is 9.59 Å². The molecule has 0 radical (unpaired) electrons. The lowest BCUT2D eigenvalue weighted by Gasteiger charge is -2.21. The van der Waals surface area contributed by atoms with Gasteiger partial charge in [0.05, 0.1) is 13.7 Å². The van der Waals surface area contributed by atoms with Gasteiger partial charge in [-0.2, -0.15) is 0 Å². The van der Waals surface area contributed by atoms with E-state index in [4.69, 9.17) is 4.74 Å². The third kappa shape index (κ3) is 7.32. The van der Waals surface area contributed by atoms with Crippen LogP contribution in [0.3, 0.4) is 0 Å². The molecular weight excluding hydrogens is 284 g/mol. The van der Waals surface area contributed by atoms with Crippen molar-refractivity contribution in [3.05, 3.63) is 0 Å². The molecule has 1 N–H and O–H groups in total.